The van der Waals surface area contributed by atoms with Crippen LogP contribution in [0, 0.1) is 35.5 Å². The van der Waals surface area contributed by atoms with E-state index in [1.54, 1.807) is 6.92 Å². The molecule has 0 amide bonds. The van der Waals surface area contributed by atoms with Crippen LogP contribution in [0.5, 0.6) is 0 Å². The number of aliphatic hydroxyl groups is 2. The first-order valence-corrected chi connectivity index (χ1v) is 7.95. The lowest BCUT2D eigenvalue weighted by Gasteiger charge is -2.44. The largest absolute Gasteiger partial charge is 0.392 e. The normalized spacial score (nSPS) is 40.2. The van der Waals surface area contributed by atoms with Crippen LogP contribution in [0.4, 0.5) is 0 Å². The van der Waals surface area contributed by atoms with Crippen molar-refractivity contribution in [3.63, 3.8) is 0 Å². The molecule has 0 saturated heterocycles. The Kier molecular flexibility index (Phi) is 3.64. The van der Waals surface area contributed by atoms with E-state index < -0.39 is 11.7 Å². The van der Waals surface area contributed by atoms with E-state index in [0.717, 1.165) is 19.3 Å². The minimum atomic E-state index is -0.948. The lowest BCUT2D eigenvalue weighted by atomic mass is 9.59. The molecule has 3 saturated carbocycles. The number of carbonyl (C=O) groups excluding carboxylic acids is 1. The average Bonchev–Trinajstić information content (AvgIpc) is 2.91. The molecule has 3 rings (SSSR count). The summed E-state index contributed by atoms with van der Waals surface area (Å²) in [6.07, 6.45) is 6.03. The maximum atomic E-state index is 11.5. The first kappa shape index (κ1) is 14.1. The smallest absolute Gasteiger partial charge is 0.136 e. The highest BCUT2D eigenvalue weighted by atomic mass is 16.3. The van der Waals surface area contributed by atoms with Crippen molar-refractivity contribution in [3.05, 3.63) is 0 Å². The van der Waals surface area contributed by atoms with Crippen molar-refractivity contribution < 1.29 is 15.0 Å². The van der Waals surface area contributed by atoms with Gasteiger partial charge in [-0.25, -0.2) is 0 Å². The summed E-state index contributed by atoms with van der Waals surface area (Å²) in [7, 11) is 0. The Bertz CT molecular complexity index is 451. The predicted octanol–water partition coefficient (Wildman–Crippen LogP) is 1.91. The zero-order valence-electron chi connectivity index (χ0n) is 12.1. The predicted molar refractivity (Wildman–Crippen MR) is 75.7 cm³/mol. The summed E-state index contributed by atoms with van der Waals surface area (Å²) in [5, 5.41) is 20.7. The van der Waals surface area contributed by atoms with E-state index in [4.69, 9.17) is 0 Å². The number of Topliss-reactive ketones (excluding diaryl/α,β-unsaturated/α-hetero) is 1. The van der Waals surface area contributed by atoms with Crippen molar-refractivity contribution in [2.45, 2.75) is 63.6 Å². The van der Waals surface area contributed by atoms with Crippen LogP contribution < -0.4 is 0 Å². The second-order valence-electron chi connectivity index (χ2n) is 7.01. The van der Waals surface area contributed by atoms with Crippen molar-refractivity contribution >= 4 is 5.78 Å². The number of hydrogen-bond acceptors (Lipinski definition) is 3. The molecule has 0 spiro atoms. The average molecular weight is 276 g/mol. The van der Waals surface area contributed by atoms with Gasteiger partial charge < -0.3 is 10.2 Å². The van der Waals surface area contributed by atoms with Gasteiger partial charge in [0, 0.05) is 12.3 Å². The fourth-order valence-electron chi connectivity index (χ4n) is 4.19. The molecule has 0 aromatic carbocycles. The molecule has 0 aliphatic heterocycles. The van der Waals surface area contributed by atoms with Gasteiger partial charge >= 0.3 is 0 Å². The number of aliphatic hydroxyl groups excluding tert-OH is 1. The zero-order chi connectivity index (χ0) is 14.3. The fraction of sp³-hybridized carbons (Fsp3) is 0.824. The highest BCUT2D eigenvalue weighted by Gasteiger charge is 2.49. The summed E-state index contributed by atoms with van der Waals surface area (Å²) >= 11 is 0. The number of ketones is 1. The third-order valence-electron chi connectivity index (χ3n) is 5.66. The monoisotopic (exact) mass is 276 g/mol. The molecule has 20 heavy (non-hydrogen) atoms. The molecule has 3 aliphatic rings. The third-order valence-corrected chi connectivity index (χ3v) is 5.66. The molecular weight excluding hydrogens is 252 g/mol. The van der Waals surface area contributed by atoms with Crippen LogP contribution in [0.1, 0.15) is 51.9 Å². The van der Waals surface area contributed by atoms with E-state index in [9.17, 15) is 15.0 Å². The van der Waals surface area contributed by atoms with Crippen LogP contribution in [0.25, 0.3) is 0 Å². The second kappa shape index (κ2) is 5.16. The molecule has 0 unspecified atom stereocenters. The number of carbonyl (C=O) groups is 1. The highest BCUT2D eigenvalue weighted by Crippen LogP contribution is 2.45. The standard InChI is InChI=1S/C17H24O3/c1-17(20,11-4-2-3-5-11)9-8-13-14-10-16(19)12(14)6-7-15(13)18/h11-15,18,20H,2-7,10H2,1H3/t12-,13+,14-,15+,17-/m1/s1. The van der Waals surface area contributed by atoms with Gasteiger partial charge in [0.2, 0.25) is 0 Å². The fourth-order valence-corrected chi connectivity index (χ4v) is 4.19. The van der Waals surface area contributed by atoms with Gasteiger partial charge in [0.15, 0.2) is 0 Å². The van der Waals surface area contributed by atoms with Gasteiger partial charge in [0.25, 0.3) is 0 Å². The SMILES string of the molecule is C[C@@](O)(C#C[C@H]1[C@@H]2CC(=O)[C@@H]2CC[C@@H]1O)C1CCCC1. The van der Waals surface area contributed by atoms with E-state index in [0.29, 0.717) is 18.6 Å². The van der Waals surface area contributed by atoms with Crippen LogP contribution in [-0.4, -0.2) is 27.7 Å². The van der Waals surface area contributed by atoms with Crippen molar-refractivity contribution in [1.82, 2.24) is 0 Å². The zero-order valence-corrected chi connectivity index (χ0v) is 12.1. The molecule has 5 atom stereocenters. The van der Waals surface area contributed by atoms with Crippen LogP contribution in [0.2, 0.25) is 0 Å². The van der Waals surface area contributed by atoms with Gasteiger partial charge in [-0.15, -0.1) is 0 Å². The molecule has 0 radical (unpaired) electrons. The lowest BCUT2D eigenvalue weighted by Crippen LogP contribution is -2.49. The Morgan fingerprint density at radius 3 is 2.55 bits per heavy atom. The molecule has 0 heterocycles. The summed E-state index contributed by atoms with van der Waals surface area (Å²) in [6.45, 7) is 1.80. The first-order valence-electron chi connectivity index (χ1n) is 7.95. The van der Waals surface area contributed by atoms with E-state index in [1.807, 2.05) is 0 Å². The van der Waals surface area contributed by atoms with Crippen molar-refractivity contribution in [2.24, 2.45) is 23.7 Å². The topological polar surface area (TPSA) is 57.5 Å². The molecule has 3 nitrogen and oxygen atoms in total. The summed E-state index contributed by atoms with van der Waals surface area (Å²) in [6, 6.07) is 0. The Labute approximate surface area is 120 Å². The molecule has 110 valence electrons. The molecule has 0 bridgehead atoms. The van der Waals surface area contributed by atoms with E-state index in [-0.39, 0.29) is 23.7 Å². The van der Waals surface area contributed by atoms with Gasteiger partial charge in [0.05, 0.1) is 12.0 Å². The Morgan fingerprint density at radius 2 is 1.90 bits per heavy atom. The minimum absolute atomic E-state index is 0.120. The van der Waals surface area contributed by atoms with E-state index in [1.165, 1.54) is 12.8 Å². The van der Waals surface area contributed by atoms with Gasteiger partial charge in [-0.2, -0.15) is 0 Å². The number of hydrogen-bond donors (Lipinski definition) is 2. The summed E-state index contributed by atoms with van der Waals surface area (Å²) in [4.78, 5) is 11.5. The quantitative estimate of drug-likeness (QED) is 0.719. The molecule has 3 aliphatic carbocycles. The van der Waals surface area contributed by atoms with Crippen molar-refractivity contribution in [1.29, 1.82) is 0 Å². The number of rotatable bonds is 1. The third kappa shape index (κ3) is 2.40. The highest BCUT2D eigenvalue weighted by molar-refractivity contribution is 5.87. The Morgan fingerprint density at radius 1 is 1.20 bits per heavy atom. The molecule has 2 N–H and O–H groups in total. The summed E-state index contributed by atoms with van der Waals surface area (Å²) in [5.41, 5.74) is -0.948. The van der Waals surface area contributed by atoms with Gasteiger partial charge in [-0.1, -0.05) is 24.7 Å². The van der Waals surface area contributed by atoms with Gasteiger partial charge in [0.1, 0.15) is 11.4 Å². The molecule has 3 fully saturated rings. The molecule has 3 heteroatoms. The maximum absolute atomic E-state index is 11.5. The number of fused-ring (bicyclic) bond motifs is 1. The van der Waals surface area contributed by atoms with Crippen LogP contribution in [0.3, 0.4) is 0 Å². The maximum Gasteiger partial charge on any atom is 0.136 e. The summed E-state index contributed by atoms with van der Waals surface area (Å²) < 4.78 is 0. The lowest BCUT2D eigenvalue weighted by molar-refractivity contribution is -0.141. The van der Waals surface area contributed by atoms with Gasteiger partial charge in [-0.3, -0.25) is 4.79 Å². The van der Waals surface area contributed by atoms with Crippen LogP contribution in [-0.2, 0) is 4.79 Å². The first-order chi connectivity index (χ1) is 9.49. The molecular formula is C17H24O3. The molecule has 0 aromatic heterocycles. The van der Waals surface area contributed by atoms with E-state index >= 15 is 0 Å². The Balaban J connectivity index is 1.72. The van der Waals surface area contributed by atoms with Crippen LogP contribution in [0.15, 0.2) is 0 Å². The Hall–Kier alpha value is -0.850. The van der Waals surface area contributed by atoms with E-state index in [2.05, 4.69) is 11.8 Å². The van der Waals surface area contributed by atoms with Gasteiger partial charge in [-0.05, 0) is 44.4 Å². The molecule has 0 aromatic rings. The van der Waals surface area contributed by atoms with Crippen molar-refractivity contribution in [3.8, 4) is 11.8 Å². The second-order valence-corrected chi connectivity index (χ2v) is 7.01. The van der Waals surface area contributed by atoms with Crippen LogP contribution >= 0.6 is 0 Å². The summed E-state index contributed by atoms with van der Waals surface area (Å²) in [5.74, 6) is 6.98. The minimum Gasteiger partial charge on any atom is -0.392 e. The van der Waals surface area contributed by atoms with Crippen molar-refractivity contribution in [2.75, 3.05) is 0 Å².